The smallest absolute Gasteiger partial charge is 0.225 e. The van der Waals surface area contributed by atoms with E-state index in [9.17, 15) is 8.42 Å². The molecule has 1 radical (unpaired) electrons. The number of sulfone groups is 1. The lowest BCUT2D eigenvalue weighted by Crippen LogP contribution is -2.04. The molecule has 0 spiro atoms. The summed E-state index contributed by atoms with van der Waals surface area (Å²) in [7, 11) is -3.58. The van der Waals surface area contributed by atoms with Gasteiger partial charge in [0.15, 0.2) is 5.03 Å². The second-order valence-corrected chi connectivity index (χ2v) is 5.42. The standard InChI is InChI=1S/C11H8NO2S2/c13-16(14,11-7-3-4-8-12-11)10-6-2-1-5-9(10)15/h1-8H. The van der Waals surface area contributed by atoms with Gasteiger partial charge >= 0.3 is 0 Å². The molecule has 1 heterocycles. The van der Waals surface area contributed by atoms with E-state index in [-0.39, 0.29) is 9.92 Å². The molecule has 5 heteroatoms. The van der Waals surface area contributed by atoms with Crippen molar-refractivity contribution in [2.75, 3.05) is 0 Å². The second kappa shape index (κ2) is 4.19. The summed E-state index contributed by atoms with van der Waals surface area (Å²) in [4.78, 5) is 4.28. The predicted octanol–water partition coefficient (Wildman–Crippen LogP) is 2.47. The minimum atomic E-state index is -3.58. The highest BCUT2D eigenvalue weighted by Crippen LogP contribution is 2.24. The first-order valence-electron chi connectivity index (χ1n) is 4.54. The maximum Gasteiger partial charge on any atom is 0.225 e. The van der Waals surface area contributed by atoms with Crippen LogP contribution in [0.25, 0.3) is 0 Å². The Hall–Kier alpha value is -1.46. The number of benzene rings is 1. The number of hydrogen-bond acceptors (Lipinski definition) is 3. The van der Waals surface area contributed by atoms with Crippen LogP contribution in [0.3, 0.4) is 0 Å². The molecule has 0 saturated heterocycles. The van der Waals surface area contributed by atoms with Crippen LogP contribution in [0.15, 0.2) is 63.5 Å². The van der Waals surface area contributed by atoms with Crippen LogP contribution in [0.1, 0.15) is 0 Å². The lowest BCUT2D eigenvalue weighted by atomic mass is 10.4. The van der Waals surface area contributed by atoms with Crippen LogP contribution in [0.4, 0.5) is 0 Å². The fraction of sp³-hybridized carbons (Fsp3) is 0. The minimum Gasteiger partial charge on any atom is -0.244 e. The first kappa shape index (κ1) is 11.0. The molecule has 3 nitrogen and oxygen atoms in total. The summed E-state index contributed by atoms with van der Waals surface area (Å²) in [6.45, 7) is 0. The van der Waals surface area contributed by atoms with Crippen molar-refractivity contribution in [1.82, 2.24) is 4.98 Å². The maximum absolute atomic E-state index is 12.1. The van der Waals surface area contributed by atoms with Gasteiger partial charge in [0.1, 0.15) is 0 Å². The van der Waals surface area contributed by atoms with Crippen molar-refractivity contribution in [3.63, 3.8) is 0 Å². The molecule has 0 saturated carbocycles. The van der Waals surface area contributed by atoms with Crippen LogP contribution >= 0.6 is 12.6 Å². The third-order valence-electron chi connectivity index (χ3n) is 2.05. The van der Waals surface area contributed by atoms with E-state index in [0.29, 0.717) is 4.90 Å². The number of pyridine rings is 1. The molecule has 0 aliphatic heterocycles. The van der Waals surface area contributed by atoms with E-state index < -0.39 is 9.84 Å². The summed E-state index contributed by atoms with van der Waals surface area (Å²) in [5.41, 5.74) is 0. The highest BCUT2D eigenvalue weighted by molar-refractivity contribution is 7.92. The largest absolute Gasteiger partial charge is 0.244 e. The lowest BCUT2D eigenvalue weighted by molar-refractivity contribution is 0.590. The molecule has 0 unspecified atom stereocenters. The zero-order chi connectivity index (χ0) is 11.6. The SMILES string of the molecule is O=S(=O)(c1ccccn1)c1ccccc1[S]. The summed E-state index contributed by atoms with van der Waals surface area (Å²) >= 11 is 4.99. The van der Waals surface area contributed by atoms with Crippen molar-refractivity contribution >= 4 is 22.5 Å². The van der Waals surface area contributed by atoms with Gasteiger partial charge in [0.2, 0.25) is 9.84 Å². The molecule has 0 aliphatic carbocycles. The van der Waals surface area contributed by atoms with Gasteiger partial charge in [-0.1, -0.05) is 30.8 Å². The van der Waals surface area contributed by atoms with Crippen LogP contribution in [-0.4, -0.2) is 13.4 Å². The third kappa shape index (κ3) is 1.91. The van der Waals surface area contributed by atoms with Crippen molar-refractivity contribution in [1.29, 1.82) is 0 Å². The minimum absolute atomic E-state index is 0.0206. The Morgan fingerprint density at radius 2 is 1.69 bits per heavy atom. The Morgan fingerprint density at radius 3 is 2.31 bits per heavy atom. The van der Waals surface area contributed by atoms with Crippen molar-refractivity contribution in [2.45, 2.75) is 14.8 Å². The monoisotopic (exact) mass is 250 g/mol. The highest BCUT2D eigenvalue weighted by Gasteiger charge is 2.20. The fourth-order valence-electron chi connectivity index (χ4n) is 1.29. The van der Waals surface area contributed by atoms with Crippen LogP contribution in [-0.2, 0) is 9.84 Å². The van der Waals surface area contributed by atoms with Gasteiger partial charge in [-0.05, 0) is 24.3 Å². The Morgan fingerprint density at radius 1 is 1.00 bits per heavy atom. The summed E-state index contributed by atoms with van der Waals surface area (Å²) in [6.07, 6.45) is 1.44. The Balaban J connectivity index is 2.62. The van der Waals surface area contributed by atoms with Crippen molar-refractivity contribution in [2.24, 2.45) is 0 Å². The van der Waals surface area contributed by atoms with Gasteiger partial charge < -0.3 is 0 Å². The Bertz CT molecular complexity index is 594. The van der Waals surface area contributed by atoms with Gasteiger partial charge in [0.25, 0.3) is 0 Å². The molecule has 0 aliphatic rings. The van der Waals surface area contributed by atoms with Gasteiger partial charge in [-0.25, -0.2) is 13.4 Å². The predicted molar refractivity (Wildman–Crippen MR) is 62.0 cm³/mol. The molecule has 0 N–H and O–H groups in total. The zero-order valence-corrected chi connectivity index (χ0v) is 9.83. The molecule has 0 amide bonds. The molecule has 0 bridgehead atoms. The molecule has 0 atom stereocenters. The van der Waals surface area contributed by atoms with Gasteiger partial charge in [-0.15, -0.1) is 0 Å². The lowest BCUT2D eigenvalue weighted by Gasteiger charge is -2.04. The zero-order valence-electron chi connectivity index (χ0n) is 8.20. The Kier molecular flexibility index (Phi) is 2.89. The van der Waals surface area contributed by atoms with Crippen molar-refractivity contribution in [3.8, 4) is 0 Å². The third-order valence-corrected chi connectivity index (χ3v) is 4.26. The summed E-state index contributed by atoms with van der Waals surface area (Å²) in [5.74, 6) is 0. The average molecular weight is 250 g/mol. The molecular weight excluding hydrogens is 242 g/mol. The van der Waals surface area contributed by atoms with Crippen LogP contribution in [0, 0.1) is 0 Å². The second-order valence-electron chi connectivity index (χ2n) is 3.12. The number of aromatic nitrogens is 1. The number of hydrogen-bond donors (Lipinski definition) is 0. The Labute approximate surface area is 99.5 Å². The van der Waals surface area contributed by atoms with E-state index in [1.165, 1.54) is 18.3 Å². The maximum atomic E-state index is 12.1. The molecule has 2 rings (SSSR count). The first-order chi connectivity index (χ1) is 7.62. The highest BCUT2D eigenvalue weighted by atomic mass is 32.2. The summed E-state index contributed by atoms with van der Waals surface area (Å²) in [5, 5.41) is 0.0206. The van der Waals surface area contributed by atoms with E-state index in [2.05, 4.69) is 4.98 Å². The van der Waals surface area contributed by atoms with E-state index >= 15 is 0 Å². The van der Waals surface area contributed by atoms with Crippen LogP contribution in [0.2, 0.25) is 0 Å². The summed E-state index contributed by atoms with van der Waals surface area (Å²) < 4.78 is 24.3. The first-order valence-corrected chi connectivity index (χ1v) is 6.43. The van der Waals surface area contributed by atoms with E-state index in [1.807, 2.05) is 0 Å². The average Bonchev–Trinajstić information content (AvgIpc) is 2.30. The van der Waals surface area contributed by atoms with Crippen LogP contribution in [0.5, 0.6) is 0 Å². The molecule has 16 heavy (non-hydrogen) atoms. The van der Waals surface area contributed by atoms with E-state index in [0.717, 1.165) is 0 Å². The van der Waals surface area contributed by atoms with Gasteiger partial charge in [0, 0.05) is 6.20 Å². The van der Waals surface area contributed by atoms with Crippen molar-refractivity contribution in [3.05, 3.63) is 48.7 Å². The number of rotatable bonds is 2. The van der Waals surface area contributed by atoms with E-state index in [1.54, 1.807) is 30.3 Å². The van der Waals surface area contributed by atoms with Crippen LogP contribution < -0.4 is 0 Å². The fourth-order valence-corrected chi connectivity index (χ4v) is 3.04. The molecule has 2 aromatic rings. The van der Waals surface area contributed by atoms with Gasteiger partial charge in [0.05, 0.1) is 9.79 Å². The van der Waals surface area contributed by atoms with Crippen molar-refractivity contribution < 1.29 is 8.42 Å². The van der Waals surface area contributed by atoms with Gasteiger partial charge in [-0.2, -0.15) is 0 Å². The van der Waals surface area contributed by atoms with E-state index in [4.69, 9.17) is 12.6 Å². The molecule has 1 aromatic heterocycles. The normalized spacial score (nSPS) is 11.2. The molecule has 0 fully saturated rings. The topological polar surface area (TPSA) is 47.0 Å². The number of nitrogens with zero attached hydrogens (tertiary/aromatic N) is 1. The van der Waals surface area contributed by atoms with Gasteiger partial charge in [-0.3, -0.25) is 0 Å². The quantitative estimate of drug-likeness (QED) is 0.822. The molecule has 1 aromatic carbocycles. The molecular formula is C11H8NO2S2. The molecule has 81 valence electrons. The summed E-state index contributed by atoms with van der Waals surface area (Å²) in [6, 6.07) is 11.2.